The first-order valence-corrected chi connectivity index (χ1v) is 4.78. The molecule has 7 heteroatoms. The summed E-state index contributed by atoms with van der Waals surface area (Å²) in [7, 11) is 1.30. The molecule has 92 valence electrons. The number of hydroxylamine groups is 1. The maximum Gasteiger partial charge on any atom is 0.265 e. The number of amides is 3. The Kier molecular flexibility index (Phi) is 6.09. The van der Waals surface area contributed by atoms with Gasteiger partial charge in [-0.15, -0.1) is 0 Å². The third-order valence-electron chi connectivity index (χ3n) is 1.77. The Morgan fingerprint density at radius 1 is 1.00 bits per heavy atom. The molecule has 0 fully saturated rings. The molecule has 16 heavy (non-hydrogen) atoms. The second-order valence-corrected chi connectivity index (χ2v) is 3.32. The highest BCUT2D eigenvalue weighted by atomic mass is 16.6. The second kappa shape index (κ2) is 6.78. The predicted molar refractivity (Wildman–Crippen MR) is 56.0 cm³/mol. The van der Waals surface area contributed by atoms with Gasteiger partial charge in [-0.3, -0.25) is 19.2 Å². The van der Waals surface area contributed by atoms with Crippen LogP contribution in [0.4, 0.5) is 0 Å². The van der Waals surface area contributed by atoms with Crippen molar-refractivity contribution >= 4 is 17.7 Å². The predicted octanol–water partition coefficient (Wildman–Crippen LogP) is -1.31. The van der Waals surface area contributed by atoms with Gasteiger partial charge in [-0.1, -0.05) is 0 Å². The van der Waals surface area contributed by atoms with Gasteiger partial charge in [0.2, 0.25) is 11.8 Å². The van der Waals surface area contributed by atoms with Gasteiger partial charge in [0.15, 0.2) is 0 Å². The monoisotopic (exact) mass is 231 g/mol. The smallest absolute Gasteiger partial charge is 0.265 e. The maximum atomic E-state index is 11.5. The zero-order valence-corrected chi connectivity index (χ0v) is 9.79. The lowest BCUT2D eigenvalue weighted by molar-refractivity contribution is -0.136. The highest BCUT2D eigenvalue weighted by Crippen LogP contribution is 1.87. The third-order valence-corrected chi connectivity index (χ3v) is 1.77. The van der Waals surface area contributed by atoms with E-state index < -0.39 is 23.9 Å². The van der Waals surface area contributed by atoms with Crippen molar-refractivity contribution < 1.29 is 19.2 Å². The molecule has 0 saturated carbocycles. The fourth-order valence-corrected chi connectivity index (χ4v) is 0.963. The van der Waals surface area contributed by atoms with Gasteiger partial charge >= 0.3 is 0 Å². The average Bonchev–Trinajstić information content (AvgIpc) is 2.16. The topological polar surface area (TPSA) is 96.5 Å². The quantitative estimate of drug-likeness (QED) is 0.512. The Balaban J connectivity index is 4.12. The summed E-state index contributed by atoms with van der Waals surface area (Å²) in [5.74, 6) is -1.21. The van der Waals surface area contributed by atoms with E-state index in [1.165, 1.54) is 27.9 Å². The fourth-order valence-electron chi connectivity index (χ4n) is 0.963. The largest absolute Gasteiger partial charge is 0.345 e. The molecule has 0 bridgehead atoms. The van der Waals surface area contributed by atoms with Crippen LogP contribution in [0.2, 0.25) is 0 Å². The fraction of sp³-hybridized carbons (Fsp3) is 0.667. The van der Waals surface area contributed by atoms with Gasteiger partial charge < -0.3 is 10.6 Å². The summed E-state index contributed by atoms with van der Waals surface area (Å²) < 4.78 is 0. The average molecular weight is 231 g/mol. The second-order valence-electron chi connectivity index (χ2n) is 3.32. The van der Waals surface area contributed by atoms with Gasteiger partial charge in [0.05, 0.1) is 7.11 Å². The van der Waals surface area contributed by atoms with Gasteiger partial charge in [0, 0.05) is 6.92 Å². The Hall–Kier alpha value is -1.63. The summed E-state index contributed by atoms with van der Waals surface area (Å²) >= 11 is 0. The molecule has 0 radical (unpaired) electrons. The standard InChI is InChI=1S/C9H17N3O4/c1-5(10-7(3)13)8(14)11-6(2)9(15)12-16-4/h5-6H,1-4H3,(H,10,13)(H,11,14)(H,12,15). The first-order chi connectivity index (χ1) is 7.38. The van der Waals surface area contributed by atoms with Crippen LogP contribution in [-0.2, 0) is 19.2 Å². The summed E-state index contributed by atoms with van der Waals surface area (Å²) in [4.78, 5) is 37.7. The van der Waals surface area contributed by atoms with Crippen LogP contribution in [0.3, 0.4) is 0 Å². The molecule has 0 spiro atoms. The van der Waals surface area contributed by atoms with Crippen LogP contribution in [0.25, 0.3) is 0 Å². The van der Waals surface area contributed by atoms with E-state index in [9.17, 15) is 14.4 Å². The van der Waals surface area contributed by atoms with Gasteiger partial charge in [-0.25, -0.2) is 5.48 Å². The van der Waals surface area contributed by atoms with Crippen LogP contribution in [0.15, 0.2) is 0 Å². The summed E-state index contributed by atoms with van der Waals surface area (Å²) in [6, 6.07) is -1.42. The van der Waals surface area contributed by atoms with E-state index in [1.54, 1.807) is 0 Å². The lowest BCUT2D eigenvalue weighted by Gasteiger charge is -2.17. The van der Waals surface area contributed by atoms with Crippen LogP contribution in [-0.4, -0.2) is 36.9 Å². The van der Waals surface area contributed by atoms with E-state index in [-0.39, 0.29) is 5.91 Å². The number of hydrogen-bond donors (Lipinski definition) is 3. The molecule has 0 saturated heterocycles. The number of carbonyl (C=O) groups excluding carboxylic acids is 3. The lowest BCUT2D eigenvalue weighted by atomic mass is 10.2. The molecule has 7 nitrogen and oxygen atoms in total. The van der Waals surface area contributed by atoms with Crippen molar-refractivity contribution in [1.82, 2.24) is 16.1 Å². The molecular weight excluding hydrogens is 214 g/mol. The summed E-state index contributed by atoms with van der Waals surface area (Å²) in [5, 5.41) is 4.83. The first kappa shape index (κ1) is 14.4. The summed E-state index contributed by atoms with van der Waals surface area (Å²) in [6.07, 6.45) is 0. The Bertz CT molecular complexity index is 280. The molecule has 3 N–H and O–H groups in total. The normalized spacial score (nSPS) is 13.5. The van der Waals surface area contributed by atoms with Gasteiger partial charge in [-0.2, -0.15) is 0 Å². The first-order valence-electron chi connectivity index (χ1n) is 4.78. The van der Waals surface area contributed by atoms with Crippen molar-refractivity contribution in [2.45, 2.75) is 32.9 Å². The molecular formula is C9H17N3O4. The van der Waals surface area contributed by atoms with Crippen molar-refractivity contribution in [3.63, 3.8) is 0 Å². The molecule has 3 amide bonds. The summed E-state index contributed by atoms with van der Waals surface area (Å²) in [5.41, 5.74) is 2.09. The zero-order valence-electron chi connectivity index (χ0n) is 9.79. The molecule has 0 aliphatic carbocycles. The van der Waals surface area contributed by atoms with E-state index in [1.807, 2.05) is 0 Å². The number of rotatable bonds is 5. The van der Waals surface area contributed by atoms with Gasteiger partial charge in [0.1, 0.15) is 12.1 Å². The molecule has 0 aromatic rings. The highest BCUT2D eigenvalue weighted by Gasteiger charge is 2.19. The van der Waals surface area contributed by atoms with Gasteiger partial charge in [-0.05, 0) is 13.8 Å². The molecule has 0 heterocycles. The molecule has 2 atom stereocenters. The van der Waals surface area contributed by atoms with Crippen LogP contribution in [0, 0.1) is 0 Å². The van der Waals surface area contributed by atoms with Crippen molar-refractivity contribution in [2.75, 3.05) is 7.11 Å². The van der Waals surface area contributed by atoms with Crippen molar-refractivity contribution in [3.8, 4) is 0 Å². The molecule has 2 unspecified atom stereocenters. The van der Waals surface area contributed by atoms with E-state index in [4.69, 9.17) is 0 Å². The SMILES string of the molecule is CONC(=O)C(C)NC(=O)C(C)NC(C)=O. The lowest BCUT2D eigenvalue weighted by Crippen LogP contribution is -2.51. The molecule has 0 aromatic carbocycles. The van der Waals surface area contributed by atoms with E-state index in [0.29, 0.717) is 0 Å². The molecule has 0 aliphatic rings. The Morgan fingerprint density at radius 3 is 1.94 bits per heavy atom. The van der Waals surface area contributed by atoms with Crippen molar-refractivity contribution in [3.05, 3.63) is 0 Å². The highest BCUT2D eigenvalue weighted by molar-refractivity contribution is 5.90. The molecule has 0 aromatic heterocycles. The van der Waals surface area contributed by atoms with Crippen LogP contribution < -0.4 is 16.1 Å². The van der Waals surface area contributed by atoms with E-state index >= 15 is 0 Å². The van der Waals surface area contributed by atoms with Crippen LogP contribution in [0.5, 0.6) is 0 Å². The van der Waals surface area contributed by atoms with Crippen LogP contribution in [0.1, 0.15) is 20.8 Å². The zero-order chi connectivity index (χ0) is 12.7. The van der Waals surface area contributed by atoms with Crippen LogP contribution >= 0.6 is 0 Å². The maximum absolute atomic E-state index is 11.5. The Labute approximate surface area is 93.9 Å². The minimum absolute atomic E-state index is 0.309. The van der Waals surface area contributed by atoms with E-state index in [2.05, 4.69) is 21.0 Å². The number of hydrogen-bond acceptors (Lipinski definition) is 4. The third kappa shape index (κ3) is 5.30. The molecule has 0 aliphatic heterocycles. The van der Waals surface area contributed by atoms with Crippen molar-refractivity contribution in [2.24, 2.45) is 0 Å². The minimum atomic E-state index is -0.733. The Morgan fingerprint density at radius 2 is 1.50 bits per heavy atom. The molecule has 0 rings (SSSR count). The number of nitrogens with one attached hydrogen (secondary N) is 3. The van der Waals surface area contributed by atoms with E-state index in [0.717, 1.165) is 0 Å². The van der Waals surface area contributed by atoms with Crippen molar-refractivity contribution in [1.29, 1.82) is 0 Å². The minimum Gasteiger partial charge on any atom is -0.345 e. The number of carbonyl (C=O) groups is 3. The summed E-state index contributed by atoms with van der Waals surface area (Å²) in [6.45, 7) is 4.34. The van der Waals surface area contributed by atoms with Gasteiger partial charge in [0.25, 0.3) is 5.91 Å².